The van der Waals surface area contributed by atoms with E-state index in [1.165, 1.54) is 67.8 Å². The maximum absolute atomic E-state index is 16.5. The van der Waals surface area contributed by atoms with Crippen molar-refractivity contribution in [2.45, 2.75) is 80.7 Å². The second kappa shape index (κ2) is 13.8. The highest BCUT2D eigenvalue weighted by atomic mass is 32.2. The van der Waals surface area contributed by atoms with E-state index in [1.54, 1.807) is 24.3 Å². The summed E-state index contributed by atoms with van der Waals surface area (Å²) in [5.41, 5.74) is 5.72. The van der Waals surface area contributed by atoms with Gasteiger partial charge in [-0.25, -0.2) is 8.42 Å². The van der Waals surface area contributed by atoms with Gasteiger partial charge in [0.2, 0.25) is 10.0 Å². The molecule has 0 radical (unpaired) electrons. The molecule has 0 aromatic heterocycles. The number of benzene rings is 3. The van der Waals surface area contributed by atoms with Gasteiger partial charge < -0.3 is 15.2 Å². The Kier molecular flexibility index (Phi) is 9.77. The Hall–Kier alpha value is -3.34. The normalized spacial score (nSPS) is 24.3. The predicted octanol–water partition coefficient (Wildman–Crippen LogP) is 7.21. The third kappa shape index (κ3) is 7.29. The monoisotopic (exact) mass is 652 g/mol. The van der Waals surface area contributed by atoms with Crippen LogP contribution in [0.4, 0.5) is 8.78 Å². The Morgan fingerprint density at radius 3 is 2.04 bits per heavy atom. The van der Waals surface area contributed by atoms with Gasteiger partial charge in [0.05, 0.1) is 11.5 Å². The number of nitrogens with one attached hydrogen (secondary N) is 1. The van der Waals surface area contributed by atoms with E-state index >= 15 is 8.78 Å². The topological polar surface area (TPSA) is 108 Å². The molecule has 0 amide bonds. The summed E-state index contributed by atoms with van der Waals surface area (Å²) in [5, 5.41) is 0. The Bertz CT molecular complexity index is 1560. The lowest BCUT2D eigenvalue weighted by atomic mass is 9.72. The number of ether oxygens (including phenoxy) is 2. The first-order chi connectivity index (χ1) is 22.1. The summed E-state index contributed by atoms with van der Waals surface area (Å²) in [4.78, 5) is 13.9. The minimum Gasteiger partial charge on any atom is -0.493 e. The van der Waals surface area contributed by atoms with Gasteiger partial charge in [-0.05, 0) is 117 Å². The van der Waals surface area contributed by atoms with E-state index in [9.17, 15) is 13.2 Å². The van der Waals surface area contributed by atoms with E-state index in [0.29, 0.717) is 55.5 Å². The number of hydrogen-bond donors (Lipinski definition) is 2. The minimum absolute atomic E-state index is 0.0896. The number of fused-ring (bicyclic) bond motifs is 2. The van der Waals surface area contributed by atoms with Crippen molar-refractivity contribution < 1.29 is 31.5 Å². The lowest BCUT2D eigenvalue weighted by molar-refractivity contribution is -0.139. The molecular weight excluding hydrogens is 610 g/mol. The number of para-hydroxylation sites is 1. The van der Waals surface area contributed by atoms with Gasteiger partial charge in [0.15, 0.2) is 5.78 Å². The van der Waals surface area contributed by atoms with E-state index in [-0.39, 0.29) is 22.8 Å². The van der Waals surface area contributed by atoms with Gasteiger partial charge >= 0.3 is 0 Å². The summed E-state index contributed by atoms with van der Waals surface area (Å²) in [5.74, 6) is -3.76. The number of hydrogen-bond acceptors (Lipinski definition) is 6. The summed E-state index contributed by atoms with van der Waals surface area (Å²) in [7, 11) is -4.52. The highest BCUT2D eigenvalue weighted by molar-refractivity contribution is 7.89. The molecule has 3 saturated carbocycles. The molecule has 3 aliphatic carbocycles. The number of carbonyl (C=O) groups is 1. The summed E-state index contributed by atoms with van der Waals surface area (Å²) >= 11 is 0. The van der Waals surface area contributed by atoms with Gasteiger partial charge in [-0.1, -0.05) is 37.5 Å². The Balaban J connectivity index is 1.24. The van der Waals surface area contributed by atoms with Gasteiger partial charge in [-0.15, -0.1) is 0 Å². The van der Waals surface area contributed by atoms with Crippen LogP contribution in [-0.2, 0) is 20.7 Å². The zero-order chi connectivity index (χ0) is 32.3. The summed E-state index contributed by atoms with van der Waals surface area (Å²) < 4.78 is 74.1. The smallest absolute Gasteiger partial charge is 0.296 e. The minimum atomic E-state index is -4.52. The molecular formula is C36H42F2N2O5S. The van der Waals surface area contributed by atoms with Crippen molar-refractivity contribution >= 4 is 15.8 Å². The average molecular weight is 653 g/mol. The van der Waals surface area contributed by atoms with E-state index in [2.05, 4.69) is 4.72 Å². The maximum Gasteiger partial charge on any atom is 0.296 e. The molecule has 6 rings (SSSR count). The van der Waals surface area contributed by atoms with Gasteiger partial charge in [0.1, 0.15) is 23.3 Å². The van der Waals surface area contributed by atoms with Crippen LogP contribution in [0.3, 0.4) is 0 Å². The number of carbonyl (C=O) groups excluding carboxylic acids is 1. The molecule has 0 aliphatic heterocycles. The van der Waals surface area contributed by atoms with Crippen LogP contribution in [0.25, 0.3) is 0 Å². The first kappa shape index (κ1) is 32.6. The van der Waals surface area contributed by atoms with E-state index < -0.39 is 39.3 Å². The fourth-order valence-electron chi connectivity index (χ4n) is 7.59. The third-order valence-corrected chi connectivity index (χ3v) is 11.4. The Labute approximate surface area is 269 Å². The van der Waals surface area contributed by atoms with Crippen molar-refractivity contribution in [3.05, 3.63) is 84.4 Å². The molecule has 3 aromatic rings. The highest BCUT2D eigenvalue weighted by Gasteiger charge is 2.54. The summed E-state index contributed by atoms with van der Waals surface area (Å²) in [6.45, 7) is 0.551. The fraction of sp³-hybridized carbons (Fsp3) is 0.472. The molecule has 2 unspecified atom stereocenters. The van der Waals surface area contributed by atoms with Crippen molar-refractivity contribution in [1.29, 1.82) is 0 Å². The van der Waals surface area contributed by atoms with Crippen LogP contribution >= 0.6 is 0 Å². The van der Waals surface area contributed by atoms with E-state index in [0.717, 1.165) is 12.8 Å². The lowest BCUT2D eigenvalue weighted by Gasteiger charge is -2.36. The van der Waals surface area contributed by atoms with Crippen LogP contribution in [0.1, 0.15) is 63.4 Å². The number of halogens is 2. The largest absolute Gasteiger partial charge is 0.493 e. The first-order valence-electron chi connectivity index (χ1n) is 16.4. The quantitative estimate of drug-likeness (QED) is 0.214. The second-order valence-corrected chi connectivity index (χ2v) is 14.9. The maximum atomic E-state index is 16.5. The molecule has 3 atom stereocenters. The number of sulfonamides is 1. The molecule has 3 fully saturated rings. The molecule has 0 spiro atoms. The molecule has 246 valence electrons. The average Bonchev–Trinajstić information content (AvgIpc) is 3.34. The molecule has 3 N–H and O–H groups in total. The Morgan fingerprint density at radius 2 is 1.41 bits per heavy atom. The van der Waals surface area contributed by atoms with Crippen molar-refractivity contribution in [3.8, 4) is 17.2 Å². The molecule has 10 heteroatoms. The Morgan fingerprint density at radius 1 is 0.826 bits per heavy atom. The molecule has 0 heterocycles. The van der Waals surface area contributed by atoms with Crippen LogP contribution < -0.4 is 19.9 Å². The van der Waals surface area contributed by atoms with Crippen molar-refractivity contribution in [2.75, 3.05) is 6.61 Å². The fourth-order valence-corrected chi connectivity index (χ4v) is 8.79. The van der Waals surface area contributed by atoms with Gasteiger partial charge in [0.25, 0.3) is 5.92 Å². The SMILES string of the molecule is NC1CC2CCC(C1)C2C(=O)[C@@H](NS(=O)(=O)c1ccc(OCC2CCCCC2)cc1)C(F)(F)c1ccc(Oc2ccccc2)cc1. The second-order valence-electron chi connectivity index (χ2n) is 13.2. The van der Waals surface area contributed by atoms with Crippen LogP contribution in [0, 0.1) is 23.7 Å². The number of nitrogens with two attached hydrogens (primary N) is 1. The zero-order valence-electron chi connectivity index (χ0n) is 25.8. The number of rotatable bonds is 12. The molecule has 46 heavy (non-hydrogen) atoms. The molecule has 7 nitrogen and oxygen atoms in total. The van der Waals surface area contributed by atoms with E-state index in [1.807, 2.05) is 6.07 Å². The molecule has 3 aliphatic rings. The predicted molar refractivity (Wildman–Crippen MR) is 171 cm³/mol. The number of alkyl halides is 2. The standard InChI is InChI=1S/C36H42F2N2O5S/c37-36(38,27-13-15-31(16-14-27)45-30-9-5-2-6-10-30)35(34(41)33-25-11-12-26(33)22-28(39)21-25)40-46(42,43)32-19-17-29(18-20-32)44-23-24-7-3-1-4-8-24/h2,5-6,9-10,13-20,24-26,28,33,35,40H,1,3-4,7-8,11-12,21-23,39H2/t25?,26?,28?,33?,35-/m1/s1. The molecule has 0 saturated heterocycles. The zero-order valence-corrected chi connectivity index (χ0v) is 26.6. The van der Waals surface area contributed by atoms with Crippen LogP contribution in [0.2, 0.25) is 0 Å². The highest BCUT2D eigenvalue weighted by Crippen LogP contribution is 2.49. The summed E-state index contributed by atoms with van der Waals surface area (Å²) in [6.07, 6.45) is 8.38. The van der Waals surface area contributed by atoms with Gasteiger partial charge in [-0.3, -0.25) is 4.79 Å². The van der Waals surface area contributed by atoms with Crippen molar-refractivity contribution in [3.63, 3.8) is 0 Å². The lowest BCUT2D eigenvalue weighted by Crippen LogP contribution is -2.55. The first-order valence-corrected chi connectivity index (χ1v) is 17.8. The number of Topliss-reactive ketones (excluding diaryl/α,β-unsaturated/α-hetero) is 1. The van der Waals surface area contributed by atoms with Crippen LogP contribution in [0.15, 0.2) is 83.8 Å². The van der Waals surface area contributed by atoms with Crippen molar-refractivity contribution in [2.24, 2.45) is 29.4 Å². The summed E-state index contributed by atoms with van der Waals surface area (Å²) in [6, 6.07) is 17.4. The third-order valence-electron chi connectivity index (χ3n) is 9.95. The van der Waals surface area contributed by atoms with Crippen molar-refractivity contribution in [1.82, 2.24) is 4.72 Å². The van der Waals surface area contributed by atoms with Gasteiger partial charge in [0, 0.05) is 17.5 Å². The van der Waals surface area contributed by atoms with E-state index in [4.69, 9.17) is 15.2 Å². The number of ketones is 1. The van der Waals surface area contributed by atoms with Gasteiger partial charge in [-0.2, -0.15) is 13.5 Å². The molecule has 2 bridgehead atoms. The van der Waals surface area contributed by atoms with Crippen LogP contribution in [0.5, 0.6) is 17.2 Å². The van der Waals surface area contributed by atoms with Crippen LogP contribution in [-0.4, -0.2) is 32.9 Å². The molecule has 3 aromatic carbocycles.